The zero-order valence-corrected chi connectivity index (χ0v) is 24.7. The highest BCUT2D eigenvalue weighted by Gasteiger charge is 2.23. The lowest BCUT2D eigenvalue weighted by Crippen LogP contribution is -2.37. The molecule has 0 bridgehead atoms. The molecular weight excluding hydrogens is 474 g/mol. The van der Waals surface area contributed by atoms with E-state index in [1.54, 1.807) is 0 Å². The van der Waals surface area contributed by atoms with Crippen LogP contribution in [0.5, 0.6) is 0 Å². The van der Waals surface area contributed by atoms with Crippen molar-refractivity contribution in [1.82, 2.24) is 15.5 Å². The van der Waals surface area contributed by atoms with Gasteiger partial charge in [-0.05, 0) is 44.9 Å². The van der Waals surface area contributed by atoms with Crippen LogP contribution in [0.2, 0.25) is 0 Å². The molecule has 0 heterocycles. The Morgan fingerprint density at radius 1 is 0.579 bits per heavy atom. The van der Waals surface area contributed by atoms with Crippen LogP contribution in [0.15, 0.2) is 0 Å². The number of hydrogen-bond acceptors (Lipinski definition) is 3. The number of unbranched alkanes of at least 4 members (excludes halogenated alkanes) is 10. The van der Waals surface area contributed by atoms with E-state index in [0.717, 1.165) is 77.0 Å². The van der Waals surface area contributed by atoms with Gasteiger partial charge in [-0.3, -0.25) is 14.4 Å². The first kappa shape index (κ1) is 32.6. The van der Waals surface area contributed by atoms with Gasteiger partial charge in [-0.1, -0.05) is 96.8 Å². The first-order valence-corrected chi connectivity index (χ1v) is 16.4. The molecule has 2 rings (SSSR count). The number of carbonyl (C=O) groups is 3. The largest absolute Gasteiger partial charge is 0.356 e. The van der Waals surface area contributed by atoms with Crippen LogP contribution < -0.4 is 10.6 Å². The van der Waals surface area contributed by atoms with E-state index < -0.39 is 0 Å². The van der Waals surface area contributed by atoms with Gasteiger partial charge in [0, 0.05) is 44.4 Å². The van der Waals surface area contributed by atoms with Crippen molar-refractivity contribution >= 4 is 17.7 Å². The van der Waals surface area contributed by atoms with Crippen LogP contribution in [0.3, 0.4) is 0 Å². The molecule has 0 aromatic rings. The Morgan fingerprint density at radius 2 is 0.974 bits per heavy atom. The van der Waals surface area contributed by atoms with E-state index in [4.69, 9.17) is 0 Å². The number of nitrogens with zero attached hydrogens (tertiary/aromatic N) is 1. The maximum Gasteiger partial charge on any atom is 0.223 e. The molecule has 0 saturated heterocycles. The Kier molecular flexibility index (Phi) is 18.2. The molecule has 2 N–H and O–H groups in total. The lowest BCUT2D eigenvalue weighted by atomic mass is 10.1. The van der Waals surface area contributed by atoms with Crippen LogP contribution in [-0.2, 0) is 14.4 Å². The first-order chi connectivity index (χ1) is 18.6. The number of hydrogen-bond donors (Lipinski definition) is 2. The fraction of sp³-hybridized carbons (Fsp3) is 0.906. The molecular formula is C32H59N3O3. The van der Waals surface area contributed by atoms with Crippen LogP contribution >= 0.6 is 0 Å². The van der Waals surface area contributed by atoms with Crippen molar-refractivity contribution in [2.45, 2.75) is 148 Å². The topological polar surface area (TPSA) is 78.5 Å². The maximum atomic E-state index is 13.0. The van der Waals surface area contributed by atoms with Gasteiger partial charge in [-0.2, -0.15) is 0 Å². The molecule has 6 nitrogen and oxygen atoms in total. The molecule has 2 aliphatic carbocycles. The van der Waals surface area contributed by atoms with E-state index in [2.05, 4.69) is 17.6 Å². The summed E-state index contributed by atoms with van der Waals surface area (Å²) in [5.41, 5.74) is 0. The van der Waals surface area contributed by atoms with Crippen molar-refractivity contribution in [3.05, 3.63) is 0 Å². The molecule has 2 aliphatic rings. The van der Waals surface area contributed by atoms with Crippen molar-refractivity contribution in [2.24, 2.45) is 11.8 Å². The zero-order valence-electron chi connectivity index (χ0n) is 24.7. The van der Waals surface area contributed by atoms with Gasteiger partial charge in [0.15, 0.2) is 0 Å². The lowest BCUT2D eigenvalue weighted by Gasteiger charge is -2.23. The Bertz CT molecular complexity index is 606. The number of carbonyl (C=O) groups excluding carboxylic acids is 3. The molecule has 0 aliphatic heterocycles. The van der Waals surface area contributed by atoms with Crippen LogP contribution in [-0.4, -0.2) is 48.8 Å². The second-order valence-electron chi connectivity index (χ2n) is 11.9. The van der Waals surface area contributed by atoms with Crippen molar-refractivity contribution < 1.29 is 14.4 Å². The van der Waals surface area contributed by atoms with E-state index in [1.165, 1.54) is 57.8 Å². The van der Waals surface area contributed by atoms with Crippen molar-refractivity contribution in [3.8, 4) is 0 Å². The predicted octanol–water partition coefficient (Wildman–Crippen LogP) is 6.91. The highest BCUT2D eigenvalue weighted by atomic mass is 16.2. The molecule has 6 heteroatoms. The minimum atomic E-state index is 0.191. The average Bonchev–Trinajstić information content (AvgIpc) is 3.65. The Labute approximate surface area is 233 Å². The lowest BCUT2D eigenvalue weighted by molar-refractivity contribution is -0.131. The molecule has 0 unspecified atom stereocenters. The average molecular weight is 534 g/mol. The Balaban J connectivity index is 1.61. The number of rotatable bonds is 22. The standard InChI is InChI=1S/C32H59N3O3/c1-2-3-4-5-6-7-8-9-10-11-12-23-30(36)35(26-17-24-33-31(37)28-19-13-14-20-28)27-18-25-34-32(38)29-21-15-16-22-29/h28-29H,2-27H2,1H3,(H,33,37)(H,34,38). The first-order valence-electron chi connectivity index (χ1n) is 16.4. The van der Waals surface area contributed by atoms with Crippen LogP contribution in [0.4, 0.5) is 0 Å². The molecule has 3 amide bonds. The summed E-state index contributed by atoms with van der Waals surface area (Å²) in [5.74, 6) is 0.992. The number of nitrogens with one attached hydrogen (secondary N) is 2. The van der Waals surface area contributed by atoms with Gasteiger partial charge in [0.1, 0.15) is 0 Å². The van der Waals surface area contributed by atoms with Gasteiger partial charge in [0.2, 0.25) is 17.7 Å². The maximum absolute atomic E-state index is 13.0. The molecule has 0 aromatic carbocycles. The highest BCUT2D eigenvalue weighted by molar-refractivity contribution is 5.79. The summed E-state index contributed by atoms with van der Waals surface area (Å²) in [6.07, 6.45) is 25.0. The summed E-state index contributed by atoms with van der Waals surface area (Å²) in [4.78, 5) is 39.6. The predicted molar refractivity (Wildman–Crippen MR) is 157 cm³/mol. The molecule has 0 aromatic heterocycles. The fourth-order valence-electron chi connectivity index (χ4n) is 6.09. The van der Waals surface area contributed by atoms with E-state index in [1.807, 2.05) is 4.90 Å². The van der Waals surface area contributed by atoms with Gasteiger partial charge in [-0.25, -0.2) is 0 Å². The SMILES string of the molecule is CCCCCCCCCCCCCC(=O)N(CCCNC(=O)C1CCCC1)CCCNC(=O)C1CCCC1. The third kappa shape index (κ3) is 14.5. The third-order valence-corrected chi connectivity index (χ3v) is 8.61. The minimum Gasteiger partial charge on any atom is -0.356 e. The zero-order chi connectivity index (χ0) is 27.3. The summed E-state index contributed by atoms with van der Waals surface area (Å²) < 4.78 is 0. The van der Waals surface area contributed by atoms with Crippen molar-refractivity contribution in [3.63, 3.8) is 0 Å². The molecule has 2 saturated carbocycles. The number of amides is 3. The minimum absolute atomic E-state index is 0.191. The van der Waals surface area contributed by atoms with Crippen molar-refractivity contribution in [1.29, 1.82) is 0 Å². The van der Waals surface area contributed by atoms with Crippen LogP contribution in [0, 0.1) is 11.8 Å². The normalized spacial score (nSPS) is 16.1. The molecule has 38 heavy (non-hydrogen) atoms. The smallest absolute Gasteiger partial charge is 0.223 e. The quantitative estimate of drug-likeness (QED) is 0.148. The van der Waals surface area contributed by atoms with Crippen LogP contribution in [0.1, 0.15) is 148 Å². The molecule has 2 fully saturated rings. The molecule has 220 valence electrons. The van der Waals surface area contributed by atoms with Crippen LogP contribution in [0.25, 0.3) is 0 Å². The summed E-state index contributed by atoms with van der Waals surface area (Å²) in [6, 6.07) is 0. The molecule has 0 radical (unpaired) electrons. The summed E-state index contributed by atoms with van der Waals surface area (Å²) >= 11 is 0. The summed E-state index contributed by atoms with van der Waals surface area (Å²) in [6.45, 7) is 4.89. The monoisotopic (exact) mass is 533 g/mol. The fourth-order valence-corrected chi connectivity index (χ4v) is 6.09. The van der Waals surface area contributed by atoms with E-state index >= 15 is 0 Å². The molecule has 0 spiro atoms. The van der Waals surface area contributed by atoms with E-state index in [9.17, 15) is 14.4 Å². The third-order valence-electron chi connectivity index (χ3n) is 8.61. The Hall–Kier alpha value is -1.59. The van der Waals surface area contributed by atoms with Gasteiger partial charge in [-0.15, -0.1) is 0 Å². The van der Waals surface area contributed by atoms with E-state index in [0.29, 0.717) is 32.6 Å². The summed E-state index contributed by atoms with van der Waals surface area (Å²) in [7, 11) is 0. The van der Waals surface area contributed by atoms with Gasteiger partial charge >= 0.3 is 0 Å². The Morgan fingerprint density at radius 3 is 1.39 bits per heavy atom. The van der Waals surface area contributed by atoms with Gasteiger partial charge < -0.3 is 15.5 Å². The highest BCUT2D eigenvalue weighted by Crippen LogP contribution is 2.25. The summed E-state index contributed by atoms with van der Waals surface area (Å²) in [5, 5.41) is 6.18. The van der Waals surface area contributed by atoms with Crippen molar-refractivity contribution in [2.75, 3.05) is 26.2 Å². The second-order valence-corrected chi connectivity index (χ2v) is 11.9. The molecule has 0 atom stereocenters. The van der Waals surface area contributed by atoms with Gasteiger partial charge in [0.05, 0.1) is 0 Å². The van der Waals surface area contributed by atoms with Gasteiger partial charge in [0.25, 0.3) is 0 Å². The second kappa shape index (κ2) is 21.3. The van der Waals surface area contributed by atoms with E-state index in [-0.39, 0.29) is 29.6 Å².